The number of methoxy groups -OCH3 is 1. The van der Waals surface area contributed by atoms with Crippen molar-refractivity contribution < 1.29 is 9.53 Å². The zero-order valence-electron chi connectivity index (χ0n) is 12.5. The van der Waals surface area contributed by atoms with Crippen LogP contribution in [0.25, 0.3) is 0 Å². The van der Waals surface area contributed by atoms with Crippen LogP contribution in [0, 0.1) is 5.92 Å². The van der Waals surface area contributed by atoms with Gasteiger partial charge in [0.05, 0.1) is 12.7 Å². The highest BCUT2D eigenvalue weighted by atomic mass is 16.5. The Morgan fingerprint density at radius 1 is 1.29 bits per heavy atom. The second kappa shape index (κ2) is 5.93. The number of hydrogen-bond donors (Lipinski definition) is 1. The molecule has 5 nitrogen and oxygen atoms in total. The quantitative estimate of drug-likeness (QED) is 0.852. The molecule has 1 aliphatic heterocycles. The Hall–Kier alpha value is -1.75. The van der Waals surface area contributed by atoms with Crippen LogP contribution in [0.4, 0.5) is 5.69 Å². The predicted octanol–water partition coefficient (Wildman–Crippen LogP) is 1.45. The lowest BCUT2D eigenvalue weighted by molar-refractivity contribution is 0.0629. The Kier molecular flexibility index (Phi) is 4.01. The van der Waals surface area contributed by atoms with Crippen LogP contribution in [-0.2, 0) is 0 Å². The fraction of sp³-hybridized carbons (Fsp3) is 0.562. The summed E-state index contributed by atoms with van der Waals surface area (Å²) in [6.07, 6.45) is 2.75. The van der Waals surface area contributed by atoms with E-state index < -0.39 is 0 Å². The number of anilines is 1. The van der Waals surface area contributed by atoms with E-state index >= 15 is 0 Å². The van der Waals surface area contributed by atoms with Crippen LogP contribution >= 0.6 is 0 Å². The Morgan fingerprint density at radius 2 is 2.00 bits per heavy atom. The highest BCUT2D eigenvalue weighted by molar-refractivity contribution is 5.97. The average Bonchev–Trinajstić information content (AvgIpc) is 3.31. The molecule has 1 aliphatic carbocycles. The van der Waals surface area contributed by atoms with Crippen LogP contribution in [0.2, 0.25) is 0 Å². The number of amides is 1. The monoisotopic (exact) mass is 289 g/mol. The Balaban J connectivity index is 1.63. The normalized spacial score (nSPS) is 19.6. The van der Waals surface area contributed by atoms with Gasteiger partial charge in [0.2, 0.25) is 0 Å². The van der Waals surface area contributed by atoms with Gasteiger partial charge in [-0.05, 0) is 30.9 Å². The predicted molar refractivity (Wildman–Crippen MR) is 82.5 cm³/mol. The number of nitrogens with zero attached hydrogens (tertiary/aromatic N) is 2. The summed E-state index contributed by atoms with van der Waals surface area (Å²) >= 11 is 0. The van der Waals surface area contributed by atoms with Crippen molar-refractivity contribution in [3.05, 3.63) is 23.8 Å². The first-order valence-corrected chi connectivity index (χ1v) is 7.62. The van der Waals surface area contributed by atoms with Gasteiger partial charge in [0.15, 0.2) is 0 Å². The number of hydrogen-bond acceptors (Lipinski definition) is 4. The standard InChI is InChI=1S/C16H23N3O2/c1-21-15-10-13(17)4-5-14(15)16(20)19-8-6-18(7-9-19)11-12-2-3-12/h4-5,10,12H,2-3,6-9,11,17H2,1H3. The van der Waals surface area contributed by atoms with Crippen molar-refractivity contribution in [2.24, 2.45) is 5.92 Å². The molecule has 0 bridgehead atoms. The molecular formula is C16H23N3O2. The first kappa shape index (κ1) is 14.2. The molecule has 1 aromatic rings. The van der Waals surface area contributed by atoms with Gasteiger partial charge in [-0.2, -0.15) is 0 Å². The summed E-state index contributed by atoms with van der Waals surface area (Å²) in [4.78, 5) is 17.0. The summed E-state index contributed by atoms with van der Waals surface area (Å²) in [5.41, 5.74) is 6.95. The largest absolute Gasteiger partial charge is 0.496 e. The average molecular weight is 289 g/mol. The second-order valence-corrected chi connectivity index (χ2v) is 6.00. The van der Waals surface area contributed by atoms with Gasteiger partial charge in [-0.3, -0.25) is 9.69 Å². The van der Waals surface area contributed by atoms with E-state index in [1.807, 2.05) is 4.90 Å². The van der Waals surface area contributed by atoms with Crippen LogP contribution < -0.4 is 10.5 Å². The van der Waals surface area contributed by atoms with Gasteiger partial charge in [0, 0.05) is 44.5 Å². The van der Waals surface area contributed by atoms with E-state index in [9.17, 15) is 4.79 Å². The number of carbonyl (C=O) groups is 1. The second-order valence-electron chi connectivity index (χ2n) is 6.00. The molecule has 0 aromatic heterocycles. The molecule has 1 saturated heterocycles. The van der Waals surface area contributed by atoms with Gasteiger partial charge in [-0.25, -0.2) is 0 Å². The lowest BCUT2D eigenvalue weighted by Crippen LogP contribution is -2.49. The van der Waals surface area contributed by atoms with Gasteiger partial charge in [-0.1, -0.05) is 0 Å². The number of nitrogens with two attached hydrogens (primary N) is 1. The molecule has 1 saturated carbocycles. The third-order valence-electron chi connectivity index (χ3n) is 4.33. The summed E-state index contributed by atoms with van der Waals surface area (Å²) in [6, 6.07) is 5.21. The number of nitrogen functional groups attached to an aromatic ring is 1. The number of piperazine rings is 1. The van der Waals surface area contributed by atoms with Crippen LogP contribution in [0.3, 0.4) is 0 Å². The fourth-order valence-electron chi connectivity index (χ4n) is 2.85. The first-order valence-electron chi connectivity index (χ1n) is 7.62. The van der Waals surface area contributed by atoms with Crippen molar-refractivity contribution in [2.45, 2.75) is 12.8 Å². The molecule has 21 heavy (non-hydrogen) atoms. The molecule has 0 unspecified atom stereocenters. The molecule has 5 heteroatoms. The van der Waals surface area contributed by atoms with E-state index in [1.54, 1.807) is 25.3 Å². The van der Waals surface area contributed by atoms with Crippen LogP contribution in [-0.4, -0.2) is 55.5 Å². The number of benzene rings is 1. The van der Waals surface area contributed by atoms with E-state index in [0.717, 1.165) is 32.1 Å². The van der Waals surface area contributed by atoms with Gasteiger partial charge in [-0.15, -0.1) is 0 Å². The van der Waals surface area contributed by atoms with Gasteiger partial charge >= 0.3 is 0 Å². The van der Waals surface area contributed by atoms with Crippen molar-refractivity contribution in [2.75, 3.05) is 45.6 Å². The zero-order chi connectivity index (χ0) is 14.8. The maximum atomic E-state index is 12.6. The Morgan fingerprint density at radius 3 is 2.62 bits per heavy atom. The van der Waals surface area contributed by atoms with Crippen LogP contribution in [0.15, 0.2) is 18.2 Å². The summed E-state index contributed by atoms with van der Waals surface area (Å²) in [5.74, 6) is 1.50. The molecule has 0 spiro atoms. The van der Waals surface area contributed by atoms with Gasteiger partial charge in [0.1, 0.15) is 5.75 Å². The molecule has 2 N–H and O–H groups in total. The van der Waals surface area contributed by atoms with E-state index in [-0.39, 0.29) is 5.91 Å². The van der Waals surface area contributed by atoms with Crippen molar-refractivity contribution >= 4 is 11.6 Å². The molecule has 2 fully saturated rings. The SMILES string of the molecule is COc1cc(N)ccc1C(=O)N1CCN(CC2CC2)CC1. The summed E-state index contributed by atoms with van der Waals surface area (Å²) in [6.45, 7) is 4.73. The topological polar surface area (TPSA) is 58.8 Å². The lowest BCUT2D eigenvalue weighted by atomic mass is 10.1. The molecule has 0 atom stereocenters. The van der Waals surface area contributed by atoms with Crippen LogP contribution in [0.5, 0.6) is 5.75 Å². The highest BCUT2D eigenvalue weighted by Crippen LogP contribution is 2.30. The molecule has 1 amide bonds. The minimum absolute atomic E-state index is 0.0397. The van der Waals surface area contributed by atoms with Crippen molar-refractivity contribution in [3.8, 4) is 5.75 Å². The fourth-order valence-corrected chi connectivity index (χ4v) is 2.85. The van der Waals surface area contributed by atoms with E-state index in [0.29, 0.717) is 17.0 Å². The maximum Gasteiger partial charge on any atom is 0.257 e. The summed E-state index contributed by atoms with van der Waals surface area (Å²) in [7, 11) is 1.57. The van der Waals surface area contributed by atoms with Crippen molar-refractivity contribution in [3.63, 3.8) is 0 Å². The summed E-state index contributed by atoms with van der Waals surface area (Å²) in [5, 5.41) is 0. The third-order valence-corrected chi connectivity index (χ3v) is 4.33. The van der Waals surface area contributed by atoms with Crippen LogP contribution in [0.1, 0.15) is 23.2 Å². The zero-order valence-corrected chi connectivity index (χ0v) is 12.5. The number of ether oxygens (including phenoxy) is 1. The Labute approximate surface area is 125 Å². The third kappa shape index (κ3) is 3.29. The summed E-state index contributed by atoms with van der Waals surface area (Å²) < 4.78 is 5.28. The van der Waals surface area contributed by atoms with E-state index in [4.69, 9.17) is 10.5 Å². The minimum atomic E-state index is 0.0397. The molecule has 1 heterocycles. The smallest absolute Gasteiger partial charge is 0.257 e. The lowest BCUT2D eigenvalue weighted by Gasteiger charge is -2.35. The first-order chi connectivity index (χ1) is 10.2. The Bertz CT molecular complexity index is 520. The molecule has 2 aliphatic rings. The minimum Gasteiger partial charge on any atom is -0.496 e. The van der Waals surface area contributed by atoms with E-state index in [2.05, 4.69) is 4.90 Å². The van der Waals surface area contributed by atoms with Crippen molar-refractivity contribution in [1.29, 1.82) is 0 Å². The molecule has 3 rings (SSSR count). The number of carbonyl (C=O) groups excluding carboxylic acids is 1. The maximum absolute atomic E-state index is 12.6. The van der Waals surface area contributed by atoms with Gasteiger partial charge in [0.25, 0.3) is 5.91 Å². The number of rotatable bonds is 4. The molecular weight excluding hydrogens is 266 g/mol. The molecule has 0 radical (unpaired) electrons. The molecule has 1 aromatic carbocycles. The van der Waals surface area contributed by atoms with Gasteiger partial charge < -0.3 is 15.4 Å². The molecule has 114 valence electrons. The highest BCUT2D eigenvalue weighted by Gasteiger charge is 2.28. The van der Waals surface area contributed by atoms with E-state index in [1.165, 1.54) is 19.4 Å². The van der Waals surface area contributed by atoms with Crippen molar-refractivity contribution in [1.82, 2.24) is 9.80 Å².